The number of aromatic nitrogens is 3. The van der Waals surface area contributed by atoms with Crippen molar-refractivity contribution in [3.05, 3.63) is 78.4 Å². The maximum absolute atomic E-state index is 5.60. The van der Waals surface area contributed by atoms with Crippen LogP contribution in [0.3, 0.4) is 0 Å². The lowest BCUT2D eigenvalue weighted by atomic mass is 10.1. The fraction of sp³-hybridized carbons (Fsp3) is 0.174. The van der Waals surface area contributed by atoms with E-state index in [0.717, 1.165) is 28.4 Å². The van der Waals surface area contributed by atoms with Crippen LogP contribution in [0.5, 0.6) is 0 Å². The molecule has 0 fully saturated rings. The van der Waals surface area contributed by atoms with Crippen LogP contribution in [0, 0.1) is 0 Å². The number of hydrogen-bond donors (Lipinski definition) is 4. The Morgan fingerprint density at radius 1 is 0.700 bits per heavy atom. The highest BCUT2D eigenvalue weighted by Gasteiger charge is 2.09. The van der Waals surface area contributed by atoms with Gasteiger partial charge in [0.05, 0.1) is 0 Å². The fourth-order valence-electron chi connectivity index (χ4n) is 3.12. The van der Waals surface area contributed by atoms with Crippen molar-refractivity contribution < 1.29 is 0 Å². The molecule has 0 amide bonds. The summed E-state index contributed by atoms with van der Waals surface area (Å²) >= 11 is 0. The second-order valence-corrected chi connectivity index (χ2v) is 6.87. The van der Waals surface area contributed by atoms with E-state index in [9.17, 15) is 0 Å². The standard InChI is InChI=1S/C23H25N7/c24-14-7-15-25-21-28-22(26-16-17-8-2-1-3-9-17)30-23(29-21)27-20-13-6-11-18-10-4-5-12-19(18)20/h1-6,8-13H,7,14-16,24H2,(H3,25,26,27,28,29,30). The van der Waals surface area contributed by atoms with E-state index in [1.54, 1.807) is 0 Å². The molecule has 0 aliphatic carbocycles. The Labute approximate surface area is 175 Å². The summed E-state index contributed by atoms with van der Waals surface area (Å²) in [5.74, 6) is 1.50. The van der Waals surface area contributed by atoms with E-state index in [2.05, 4.69) is 61.2 Å². The van der Waals surface area contributed by atoms with Gasteiger partial charge < -0.3 is 21.7 Å². The van der Waals surface area contributed by atoms with Crippen LogP contribution in [0.15, 0.2) is 72.8 Å². The summed E-state index contributed by atoms with van der Waals surface area (Å²) in [5.41, 5.74) is 7.70. The Balaban J connectivity index is 1.59. The third-order valence-electron chi connectivity index (χ3n) is 4.63. The summed E-state index contributed by atoms with van der Waals surface area (Å²) in [6, 6.07) is 24.5. The summed E-state index contributed by atoms with van der Waals surface area (Å²) in [5, 5.41) is 12.1. The molecule has 0 aliphatic heterocycles. The van der Waals surface area contributed by atoms with Crippen molar-refractivity contribution in [2.45, 2.75) is 13.0 Å². The molecule has 0 atom stereocenters. The van der Waals surface area contributed by atoms with Gasteiger partial charge in [-0.25, -0.2) is 0 Å². The van der Waals surface area contributed by atoms with Gasteiger partial charge in [0, 0.05) is 24.2 Å². The van der Waals surface area contributed by atoms with E-state index in [1.165, 1.54) is 0 Å². The molecule has 1 aromatic heterocycles. The average Bonchev–Trinajstić information content (AvgIpc) is 2.79. The van der Waals surface area contributed by atoms with Crippen molar-refractivity contribution in [1.82, 2.24) is 15.0 Å². The predicted octanol–water partition coefficient (Wildman–Crippen LogP) is 4.14. The van der Waals surface area contributed by atoms with E-state index in [-0.39, 0.29) is 0 Å². The molecule has 3 aromatic carbocycles. The Hall–Kier alpha value is -3.71. The van der Waals surface area contributed by atoms with Gasteiger partial charge in [-0.2, -0.15) is 15.0 Å². The predicted molar refractivity (Wildman–Crippen MR) is 123 cm³/mol. The second kappa shape index (κ2) is 9.67. The highest BCUT2D eigenvalue weighted by Crippen LogP contribution is 2.25. The Morgan fingerprint density at radius 2 is 1.40 bits per heavy atom. The minimum atomic E-state index is 0.479. The van der Waals surface area contributed by atoms with Crippen LogP contribution in [0.4, 0.5) is 23.5 Å². The first-order chi connectivity index (χ1) is 14.8. The molecular weight excluding hydrogens is 374 g/mol. The minimum absolute atomic E-state index is 0.479. The number of benzene rings is 3. The first kappa shape index (κ1) is 19.6. The topological polar surface area (TPSA) is 101 Å². The lowest BCUT2D eigenvalue weighted by Crippen LogP contribution is -2.14. The molecule has 152 valence electrons. The largest absolute Gasteiger partial charge is 0.354 e. The van der Waals surface area contributed by atoms with Gasteiger partial charge in [0.15, 0.2) is 0 Å². The summed E-state index contributed by atoms with van der Waals surface area (Å²) < 4.78 is 0. The molecule has 4 rings (SSSR count). The first-order valence-electron chi connectivity index (χ1n) is 10.0. The monoisotopic (exact) mass is 399 g/mol. The highest BCUT2D eigenvalue weighted by molar-refractivity contribution is 5.94. The number of rotatable bonds is 9. The highest BCUT2D eigenvalue weighted by atomic mass is 15.3. The number of hydrogen-bond acceptors (Lipinski definition) is 7. The fourth-order valence-corrected chi connectivity index (χ4v) is 3.12. The molecule has 0 spiro atoms. The molecule has 0 saturated carbocycles. The molecule has 4 aromatic rings. The van der Waals surface area contributed by atoms with Gasteiger partial charge >= 0.3 is 0 Å². The lowest BCUT2D eigenvalue weighted by molar-refractivity contribution is 0.860. The molecule has 0 bridgehead atoms. The van der Waals surface area contributed by atoms with Gasteiger partial charge in [-0.3, -0.25) is 0 Å². The van der Waals surface area contributed by atoms with Crippen LogP contribution in [0.2, 0.25) is 0 Å². The van der Waals surface area contributed by atoms with E-state index in [0.29, 0.717) is 37.5 Å². The van der Waals surface area contributed by atoms with Crippen molar-refractivity contribution in [1.29, 1.82) is 0 Å². The molecule has 1 heterocycles. The number of nitrogens with one attached hydrogen (secondary N) is 3. The summed E-state index contributed by atoms with van der Waals surface area (Å²) in [7, 11) is 0. The number of anilines is 4. The van der Waals surface area contributed by atoms with Crippen LogP contribution >= 0.6 is 0 Å². The van der Waals surface area contributed by atoms with Crippen LogP contribution in [0.1, 0.15) is 12.0 Å². The van der Waals surface area contributed by atoms with Crippen molar-refractivity contribution in [2.75, 3.05) is 29.0 Å². The van der Waals surface area contributed by atoms with E-state index in [1.807, 2.05) is 42.5 Å². The Morgan fingerprint density at radius 3 is 2.23 bits per heavy atom. The Bertz CT molecular complexity index is 1090. The number of nitrogens with two attached hydrogens (primary N) is 1. The van der Waals surface area contributed by atoms with Crippen LogP contribution in [-0.4, -0.2) is 28.0 Å². The first-order valence-corrected chi connectivity index (χ1v) is 10.0. The van der Waals surface area contributed by atoms with Gasteiger partial charge in [-0.1, -0.05) is 66.7 Å². The van der Waals surface area contributed by atoms with Crippen molar-refractivity contribution in [3.63, 3.8) is 0 Å². The molecule has 0 aliphatic rings. The molecule has 7 nitrogen and oxygen atoms in total. The average molecular weight is 400 g/mol. The molecule has 0 saturated heterocycles. The SMILES string of the molecule is NCCCNc1nc(NCc2ccccc2)nc(Nc2cccc3ccccc23)n1. The lowest BCUT2D eigenvalue weighted by Gasteiger charge is -2.12. The summed E-state index contributed by atoms with van der Waals surface area (Å²) in [6.45, 7) is 1.94. The van der Waals surface area contributed by atoms with Crippen molar-refractivity contribution in [2.24, 2.45) is 5.73 Å². The zero-order valence-electron chi connectivity index (χ0n) is 16.7. The molecule has 0 unspecified atom stereocenters. The number of nitrogens with zero attached hydrogens (tertiary/aromatic N) is 3. The maximum Gasteiger partial charge on any atom is 0.233 e. The molecule has 0 radical (unpaired) electrons. The molecule has 5 N–H and O–H groups in total. The zero-order chi connectivity index (χ0) is 20.6. The second-order valence-electron chi connectivity index (χ2n) is 6.87. The number of fused-ring (bicyclic) bond motifs is 1. The summed E-state index contributed by atoms with van der Waals surface area (Å²) in [4.78, 5) is 13.6. The zero-order valence-corrected chi connectivity index (χ0v) is 16.7. The third-order valence-corrected chi connectivity index (χ3v) is 4.63. The van der Waals surface area contributed by atoms with E-state index < -0.39 is 0 Å². The van der Waals surface area contributed by atoms with Gasteiger partial charge in [0.1, 0.15) is 0 Å². The van der Waals surface area contributed by atoms with Gasteiger partial charge in [-0.05, 0) is 30.0 Å². The van der Waals surface area contributed by atoms with Crippen LogP contribution < -0.4 is 21.7 Å². The van der Waals surface area contributed by atoms with Crippen LogP contribution in [-0.2, 0) is 6.54 Å². The normalized spacial score (nSPS) is 10.7. The van der Waals surface area contributed by atoms with Crippen molar-refractivity contribution >= 4 is 34.3 Å². The third kappa shape index (κ3) is 5.01. The van der Waals surface area contributed by atoms with Crippen molar-refractivity contribution in [3.8, 4) is 0 Å². The van der Waals surface area contributed by atoms with E-state index >= 15 is 0 Å². The molecule has 7 heteroatoms. The molecular formula is C23H25N7. The van der Waals surface area contributed by atoms with Gasteiger partial charge in [0.25, 0.3) is 0 Å². The van der Waals surface area contributed by atoms with Crippen LogP contribution in [0.25, 0.3) is 10.8 Å². The maximum atomic E-state index is 5.60. The summed E-state index contributed by atoms with van der Waals surface area (Å²) in [6.07, 6.45) is 0.838. The van der Waals surface area contributed by atoms with Gasteiger partial charge in [0.2, 0.25) is 17.8 Å². The quantitative estimate of drug-likeness (QED) is 0.314. The smallest absolute Gasteiger partial charge is 0.233 e. The minimum Gasteiger partial charge on any atom is -0.354 e. The molecule has 30 heavy (non-hydrogen) atoms. The van der Waals surface area contributed by atoms with Gasteiger partial charge in [-0.15, -0.1) is 0 Å². The Kier molecular flexibility index (Phi) is 6.31. The van der Waals surface area contributed by atoms with E-state index in [4.69, 9.17) is 5.73 Å².